The van der Waals surface area contributed by atoms with Gasteiger partial charge in [0.2, 0.25) is 0 Å². The van der Waals surface area contributed by atoms with Crippen LogP contribution in [0.4, 0.5) is 5.69 Å². The maximum atomic E-state index is 13.3. The van der Waals surface area contributed by atoms with E-state index in [2.05, 4.69) is 55.9 Å². The molecule has 0 spiro atoms. The Balaban J connectivity index is 1.29. The van der Waals surface area contributed by atoms with Gasteiger partial charge >= 0.3 is 0 Å². The number of hydrogen-bond donors (Lipinski definition) is 2. The summed E-state index contributed by atoms with van der Waals surface area (Å²) in [4.78, 5) is 20.1. The minimum Gasteiger partial charge on any atom is -0.488 e. The van der Waals surface area contributed by atoms with Gasteiger partial charge in [0, 0.05) is 58.9 Å². The van der Waals surface area contributed by atoms with Gasteiger partial charge in [0.25, 0.3) is 5.91 Å². The van der Waals surface area contributed by atoms with E-state index in [0.717, 1.165) is 30.5 Å². The Labute approximate surface area is 230 Å². The summed E-state index contributed by atoms with van der Waals surface area (Å²) in [6, 6.07) is 17.7. The van der Waals surface area contributed by atoms with E-state index in [1.54, 1.807) is 12.3 Å². The Morgan fingerprint density at radius 3 is 2.51 bits per heavy atom. The number of hydrogen-bond acceptors (Lipinski definition) is 6. The van der Waals surface area contributed by atoms with E-state index in [0.29, 0.717) is 34.4 Å². The standard InChI is InChI=1S/C32H38N4O3/c1-20-17-21(19-37)14-16-36(20)24-11-8-22(9-12-24)28(38)35-29-31(2,3)30(32(29,4)5)39-26-13-10-23(18-33)27-25(26)7-6-15-34-27/h6-13,15,20-21,29-30,37H,14,16-17,19H2,1-5H3,(H,35,38)/t20-,21-,29?,30?/m1/s1. The van der Waals surface area contributed by atoms with Crippen molar-refractivity contribution < 1.29 is 14.6 Å². The fourth-order valence-corrected chi connectivity index (χ4v) is 7.10. The first kappa shape index (κ1) is 27.0. The lowest BCUT2D eigenvalue weighted by Gasteiger charge is -2.63. The molecule has 1 aliphatic carbocycles. The third-order valence-corrected chi connectivity index (χ3v) is 8.91. The summed E-state index contributed by atoms with van der Waals surface area (Å²) in [7, 11) is 0. The van der Waals surface area contributed by atoms with Gasteiger partial charge in [-0.05, 0) is 74.2 Å². The van der Waals surface area contributed by atoms with Gasteiger partial charge < -0.3 is 20.1 Å². The predicted octanol–water partition coefficient (Wildman–Crippen LogP) is 5.32. The number of amides is 1. The molecule has 2 fully saturated rings. The molecule has 5 rings (SSSR count). The number of pyridine rings is 1. The summed E-state index contributed by atoms with van der Waals surface area (Å²) in [6.07, 6.45) is 3.48. The molecule has 1 saturated heterocycles. The molecule has 1 amide bonds. The molecule has 0 bridgehead atoms. The quantitative estimate of drug-likeness (QED) is 0.451. The van der Waals surface area contributed by atoms with Crippen LogP contribution in [0.15, 0.2) is 54.7 Å². The van der Waals surface area contributed by atoms with Crippen molar-refractivity contribution in [1.82, 2.24) is 10.3 Å². The van der Waals surface area contributed by atoms with Crippen LogP contribution >= 0.6 is 0 Å². The number of anilines is 1. The first-order valence-electron chi connectivity index (χ1n) is 13.8. The second-order valence-corrected chi connectivity index (χ2v) is 12.3. The van der Waals surface area contributed by atoms with E-state index in [1.165, 1.54) is 0 Å². The predicted molar refractivity (Wildman–Crippen MR) is 153 cm³/mol. The van der Waals surface area contributed by atoms with Gasteiger partial charge in [-0.2, -0.15) is 5.26 Å². The van der Waals surface area contributed by atoms with Crippen molar-refractivity contribution >= 4 is 22.5 Å². The molecule has 204 valence electrons. The summed E-state index contributed by atoms with van der Waals surface area (Å²) < 4.78 is 6.60. The molecule has 2 atom stereocenters. The average molecular weight is 527 g/mol. The zero-order valence-corrected chi connectivity index (χ0v) is 23.4. The van der Waals surface area contributed by atoms with Crippen LogP contribution in [0, 0.1) is 28.1 Å². The molecule has 0 unspecified atom stereocenters. The van der Waals surface area contributed by atoms with E-state index in [9.17, 15) is 15.2 Å². The number of carbonyl (C=O) groups excluding carboxylic acids is 1. The number of carbonyl (C=O) groups is 1. The topological polar surface area (TPSA) is 98.5 Å². The van der Waals surface area contributed by atoms with Gasteiger partial charge in [0.05, 0.1) is 11.1 Å². The minimum atomic E-state index is -0.325. The van der Waals surface area contributed by atoms with Crippen molar-refractivity contribution in [1.29, 1.82) is 5.26 Å². The number of aliphatic hydroxyl groups excluding tert-OH is 1. The van der Waals surface area contributed by atoms with Gasteiger partial charge in [-0.3, -0.25) is 9.78 Å². The Kier molecular flexibility index (Phi) is 7.02. The van der Waals surface area contributed by atoms with Crippen LogP contribution in [0.1, 0.15) is 63.4 Å². The second kappa shape index (κ2) is 10.2. The van der Waals surface area contributed by atoms with Crippen molar-refractivity contribution in [2.45, 2.75) is 65.6 Å². The van der Waals surface area contributed by atoms with Crippen LogP contribution in [0.25, 0.3) is 10.9 Å². The first-order chi connectivity index (χ1) is 18.6. The molecule has 2 heterocycles. The van der Waals surface area contributed by atoms with Crippen molar-refractivity contribution in [3.05, 3.63) is 65.9 Å². The van der Waals surface area contributed by atoms with E-state index in [4.69, 9.17) is 4.74 Å². The van der Waals surface area contributed by atoms with Crippen LogP contribution in [0.3, 0.4) is 0 Å². The van der Waals surface area contributed by atoms with Crippen molar-refractivity contribution in [3.63, 3.8) is 0 Å². The maximum absolute atomic E-state index is 13.3. The fourth-order valence-electron chi connectivity index (χ4n) is 7.10. The normalized spacial score (nSPS) is 25.4. The number of nitrogens with zero attached hydrogens (tertiary/aromatic N) is 3. The molecule has 7 nitrogen and oxygen atoms in total. The highest BCUT2D eigenvalue weighted by Gasteiger charge is 2.64. The van der Waals surface area contributed by atoms with Gasteiger partial charge in [0.15, 0.2) is 0 Å². The Morgan fingerprint density at radius 2 is 1.87 bits per heavy atom. The van der Waals surface area contributed by atoms with E-state index < -0.39 is 0 Å². The summed E-state index contributed by atoms with van der Waals surface area (Å²) >= 11 is 0. The monoisotopic (exact) mass is 526 g/mol. The van der Waals surface area contributed by atoms with Crippen LogP contribution in [0.2, 0.25) is 0 Å². The smallest absolute Gasteiger partial charge is 0.251 e. The van der Waals surface area contributed by atoms with Gasteiger partial charge in [-0.25, -0.2) is 0 Å². The molecule has 2 N–H and O–H groups in total. The van der Waals surface area contributed by atoms with Crippen molar-refractivity contribution in [2.24, 2.45) is 16.7 Å². The summed E-state index contributed by atoms with van der Waals surface area (Å²) in [6.45, 7) is 11.8. The Hall–Kier alpha value is -3.63. The first-order valence-corrected chi connectivity index (χ1v) is 13.8. The van der Waals surface area contributed by atoms with Crippen molar-refractivity contribution in [2.75, 3.05) is 18.1 Å². The number of aliphatic hydroxyl groups is 1. The van der Waals surface area contributed by atoms with Crippen LogP contribution < -0.4 is 15.0 Å². The molecule has 7 heteroatoms. The highest BCUT2D eigenvalue weighted by Crippen LogP contribution is 2.56. The molecule has 39 heavy (non-hydrogen) atoms. The molecule has 1 aliphatic heterocycles. The minimum absolute atomic E-state index is 0.0915. The third-order valence-electron chi connectivity index (χ3n) is 8.91. The van der Waals surface area contributed by atoms with E-state index in [1.807, 2.05) is 42.5 Å². The SMILES string of the molecule is C[C@@H]1C[C@H](CO)CCN1c1ccc(C(=O)NC2C(C)(C)C(Oc3ccc(C#N)c4ncccc34)C2(C)C)cc1. The summed E-state index contributed by atoms with van der Waals surface area (Å²) in [5.41, 5.74) is 2.24. The zero-order chi connectivity index (χ0) is 27.9. The number of piperidine rings is 1. The zero-order valence-electron chi connectivity index (χ0n) is 23.4. The van der Waals surface area contributed by atoms with Crippen LogP contribution in [0.5, 0.6) is 5.75 Å². The molecule has 1 saturated carbocycles. The molecule has 2 aromatic carbocycles. The number of nitrogens with one attached hydrogen (secondary N) is 1. The number of rotatable bonds is 6. The molecule has 0 radical (unpaired) electrons. The number of ether oxygens (including phenoxy) is 1. The highest BCUT2D eigenvalue weighted by molar-refractivity contribution is 5.95. The van der Waals surface area contributed by atoms with E-state index >= 15 is 0 Å². The summed E-state index contributed by atoms with van der Waals surface area (Å²) in [5.74, 6) is 0.975. The largest absolute Gasteiger partial charge is 0.488 e. The van der Waals surface area contributed by atoms with Gasteiger partial charge in [-0.1, -0.05) is 27.7 Å². The van der Waals surface area contributed by atoms with Crippen molar-refractivity contribution in [3.8, 4) is 11.8 Å². The maximum Gasteiger partial charge on any atom is 0.251 e. The lowest BCUT2D eigenvalue weighted by Crippen LogP contribution is -2.74. The number of fused-ring (bicyclic) bond motifs is 1. The molecule has 1 aromatic heterocycles. The molecule has 3 aromatic rings. The third kappa shape index (κ3) is 4.72. The van der Waals surface area contributed by atoms with Gasteiger partial charge in [0.1, 0.15) is 17.9 Å². The Morgan fingerprint density at radius 1 is 1.15 bits per heavy atom. The van der Waals surface area contributed by atoms with Gasteiger partial charge in [-0.15, -0.1) is 0 Å². The lowest BCUT2D eigenvalue weighted by atomic mass is 9.49. The lowest BCUT2D eigenvalue weighted by molar-refractivity contribution is -0.163. The molecule has 2 aliphatic rings. The number of nitriles is 1. The number of benzene rings is 2. The summed E-state index contributed by atoms with van der Waals surface area (Å²) in [5, 5.41) is 23.1. The molecular formula is C32H38N4O3. The average Bonchev–Trinajstić information content (AvgIpc) is 2.94. The highest BCUT2D eigenvalue weighted by atomic mass is 16.5. The Bertz CT molecular complexity index is 1390. The second-order valence-electron chi connectivity index (χ2n) is 12.3. The van der Waals surface area contributed by atoms with E-state index in [-0.39, 0.29) is 35.5 Å². The van der Waals surface area contributed by atoms with Crippen LogP contribution in [-0.2, 0) is 0 Å². The fraction of sp³-hybridized carbons (Fsp3) is 0.469. The number of aromatic nitrogens is 1. The molecular weight excluding hydrogens is 488 g/mol. The van der Waals surface area contributed by atoms with Crippen LogP contribution in [-0.4, -0.2) is 47.3 Å².